The van der Waals surface area contributed by atoms with Crippen LogP contribution in [-0.4, -0.2) is 22.8 Å². The van der Waals surface area contributed by atoms with Crippen LogP contribution >= 0.6 is 0 Å². The lowest BCUT2D eigenvalue weighted by molar-refractivity contribution is -0.137. The van der Waals surface area contributed by atoms with Crippen molar-refractivity contribution in [2.24, 2.45) is 7.05 Å². The molecular formula is C16H21NO3. The van der Waals surface area contributed by atoms with Gasteiger partial charge in [0, 0.05) is 35.6 Å². The van der Waals surface area contributed by atoms with Crippen LogP contribution < -0.4 is 4.74 Å². The third-order valence-electron chi connectivity index (χ3n) is 3.82. The molecule has 0 amide bonds. The molecular weight excluding hydrogens is 254 g/mol. The number of ether oxygens (including phenoxy) is 1. The quantitative estimate of drug-likeness (QED) is 0.823. The molecule has 108 valence electrons. The lowest BCUT2D eigenvalue weighted by Gasteiger charge is -2.10. The normalized spacial score (nSPS) is 10.9. The zero-order chi connectivity index (χ0) is 14.7. The van der Waals surface area contributed by atoms with Gasteiger partial charge >= 0.3 is 5.97 Å². The number of fused-ring (bicyclic) bond motifs is 1. The van der Waals surface area contributed by atoms with Gasteiger partial charge in [-0.25, -0.2) is 0 Å². The molecule has 0 spiro atoms. The SMILES string of the molecule is COc1ccc2c(cc(C)n2C)c1CCCCC(=O)O. The lowest BCUT2D eigenvalue weighted by Crippen LogP contribution is -1.97. The summed E-state index contributed by atoms with van der Waals surface area (Å²) in [7, 11) is 3.73. The van der Waals surface area contributed by atoms with Gasteiger partial charge in [-0.3, -0.25) is 4.79 Å². The molecule has 0 radical (unpaired) electrons. The van der Waals surface area contributed by atoms with Crippen LogP contribution in [0.2, 0.25) is 0 Å². The second-order valence-corrected chi connectivity index (χ2v) is 5.12. The molecule has 0 aliphatic rings. The van der Waals surface area contributed by atoms with Gasteiger partial charge in [0.05, 0.1) is 7.11 Å². The standard InChI is InChI=1S/C16H21NO3/c1-11-10-13-12(6-4-5-7-16(18)19)15(20-3)9-8-14(13)17(11)2/h8-10H,4-7H2,1-3H3,(H,18,19). The third kappa shape index (κ3) is 2.79. The van der Waals surface area contributed by atoms with Crippen molar-refractivity contribution in [1.82, 2.24) is 4.57 Å². The highest BCUT2D eigenvalue weighted by Gasteiger charge is 2.12. The summed E-state index contributed by atoms with van der Waals surface area (Å²) in [5, 5.41) is 9.90. The predicted octanol–water partition coefficient (Wildman–Crippen LogP) is 3.29. The number of benzene rings is 1. The maximum Gasteiger partial charge on any atom is 0.303 e. The first-order valence-electron chi connectivity index (χ1n) is 6.88. The minimum absolute atomic E-state index is 0.228. The molecule has 0 atom stereocenters. The van der Waals surface area contributed by atoms with Crippen LogP contribution in [-0.2, 0) is 18.3 Å². The molecule has 4 heteroatoms. The average Bonchev–Trinajstić information content (AvgIpc) is 2.70. The number of unbranched alkanes of at least 4 members (excludes halogenated alkanes) is 1. The van der Waals surface area contributed by atoms with Crippen molar-refractivity contribution >= 4 is 16.9 Å². The van der Waals surface area contributed by atoms with E-state index in [9.17, 15) is 4.79 Å². The van der Waals surface area contributed by atoms with E-state index in [1.165, 1.54) is 22.2 Å². The van der Waals surface area contributed by atoms with E-state index in [0.717, 1.165) is 18.6 Å². The van der Waals surface area contributed by atoms with Crippen molar-refractivity contribution in [3.8, 4) is 5.75 Å². The van der Waals surface area contributed by atoms with Crippen molar-refractivity contribution in [1.29, 1.82) is 0 Å². The molecule has 2 rings (SSSR count). The van der Waals surface area contributed by atoms with Crippen LogP contribution in [0, 0.1) is 6.92 Å². The molecule has 0 unspecified atom stereocenters. The largest absolute Gasteiger partial charge is 0.496 e. The smallest absolute Gasteiger partial charge is 0.303 e. The van der Waals surface area contributed by atoms with Gasteiger partial charge in [0.1, 0.15) is 5.75 Å². The highest BCUT2D eigenvalue weighted by atomic mass is 16.5. The van der Waals surface area contributed by atoms with Crippen molar-refractivity contribution in [3.05, 3.63) is 29.5 Å². The minimum atomic E-state index is -0.731. The molecule has 2 aromatic rings. The molecule has 0 aliphatic heterocycles. The van der Waals surface area contributed by atoms with E-state index >= 15 is 0 Å². The fourth-order valence-corrected chi connectivity index (χ4v) is 2.61. The Kier molecular flexibility index (Phi) is 4.32. The van der Waals surface area contributed by atoms with Gasteiger partial charge < -0.3 is 14.4 Å². The van der Waals surface area contributed by atoms with E-state index in [1.807, 2.05) is 6.07 Å². The monoisotopic (exact) mass is 275 g/mol. The molecule has 4 nitrogen and oxygen atoms in total. The number of nitrogens with zero attached hydrogens (tertiary/aromatic N) is 1. The Morgan fingerprint density at radius 1 is 1.35 bits per heavy atom. The molecule has 20 heavy (non-hydrogen) atoms. The molecule has 0 saturated heterocycles. The van der Waals surface area contributed by atoms with Crippen molar-refractivity contribution in [3.63, 3.8) is 0 Å². The zero-order valence-electron chi connectivity index (χ0n) is 12.3. The van der Waals surface area contributed by atoms with E-state index in [1.54, 1.807) is 7.11 Å². The van der Waals surface area contributed by atoms with Gasteiger partial charge in [0.15, 0.2) is 0 Å². The molecule has 1 N–H and O–H groups in total. The summed E-state index contributed by atoms with van der Waals surface area (Å²) in [4.78, 5) is 10.6. The maximum atomic E-state index is 10.6. The lowest BCUT2D eigenvalue weighted by atomic mass is 10.0. The molecule has 1 aromatic heterocycles. The Morgan fingerprint density at radius 3 is 2.75 bits per heavy atom. The number of carboxylic acids is 1. The van der Waals surface area contributed by atoms with Crippen LogP contribution in [0.1, 0.15) is 30.5 Å². The van der Waals surface area contributed by atoms with Crippen LogP contribution in [0.5, 0.6) is 5.75 Å². The van der Waals surface area contributed by atoms with Crippen LogP contribution in [0.25, 0.3) is 10.9 Å². The van der Waals surface area contributed by atoms with Crippen LogP contribution in [0.15, 0.2) is 18.2 Å². The number of hydrogen-bond donors (Lipinski definition) is 1. The molecule has 0 fully saturated rings. The number of methoxy groups -OCH3 is 1. The first-order chi connectivity index (χ1) is 9.54. The Morgan fingerprint density at radius 2 is 2.10 bits per heavy atom. The van der Waals surface area contributed by atoms with E-state index in [-0.39, 0.29) is 6.42 Å². The van der Waals surface area contributed by atoms with Gasteiger partial charge in [0.25, 0.3) is 0 Å². The molecule has 1 heterocycles. The molecule has 0 bridgehead atoms. The first kappa shape index (κ1) is 14.4. The zero-order valence-corrected chi connectivity index (χ0v) is 12.3. The van der Waals surface area contributed by atoms with Gasteiger partial charge in [-0.1, -0.05) is 0 Å². The number of aliphatic carboxylic acids is 1. The van der Waals surface area contributed by atoms with Crippen molar-refractivity contribution in [2.75, 3.05) is 7.11 Å². The number of rotatable bonds is 6. The third-order valence-corrected chi connectivity index (χ3v) is 3.82. The summed E-state index contributed by atoms with van der Waals surface area (Å²) in [5.74, 6) is 0.157. The number of aryl methyl sites for hydroxylation is 3. The van der Waals surface area contributed by atoms with E-state index in [0.29, 0.717) is 6.42 Å². The average molecular weight is 275 g/mol. The van der Waals surface area contributed by atoms with Crippen LogP contribution in [0.4, 0.5) is 0 Å². The van der Waals surface area contributed by atoms with E-state index in [2.05, 4.69) is 30.7 Å². The van der Waals surface area contributed by atoms with E-state index < -0.39 is 5.97 Å². The summed E-state index contributed by atoms with van der Waals surface area (Å²) < 4.78 is 7.62. The number of aromatic nitrogens is 1. The maximum absolute atomic E-state index is 10.6. The van der Waals surface area contributed by atoms with Gasteiger partial charge in [0.2, 0.25) is 0 Å². The topological polar surface area (TPSA) is 51.5 Å². The Balaban J connectivity index is 2.29. The van der Waals surface area contributed by atoms with Gasteiger partial charge in [-0.15, -0.1) is 0 Å². The first-order valence-corrected chi connectivity index (χ1v) is 6.88. The summed E-state index contributed by atoms with van der Waals surface area (Å²) >= 11 is 0. The fourth-order valence-electron chi connectivity index (χ4n) is 2.61. The van der Waals surface area contributed by atoms with Crippen molar-refractivity contribution in [2.45, 2.75) is 32.6 Å². The fraction of sp³-hybridized carbons (Fsp3) is 0.438. The summed E-state index contributed by atoms with van der Waals surface area (Å²) in [6, 6.07) is 6.24. The van der Waals surface area contributed by atoms with Crippen molar-refractivity contribution < 1.29 is 14.6 Å². The number of carbonyl (C=O) groups is 1. The highest BCUT2D eigenvalue weighted by molar-refractivity contribution is 5.87. The molecule has 0 aliphatic carbocycles. The summed E-state index contributed by atoms with van der Waals surface area (Å²) in [5.41, 5.74) is 3.58. The molecule has 1 aromatic carbocycles. The second-order valence-electron chi connectivity index (χ2n) is 5.12. The highest BCUT2D eigenvalue weighted by Crippen LogP contribution is 2.31. The predicted molar refractivity (Wildman–Crippen MR) is 79.4 cm³/mol. The second kappa shape index (κ2) is 5.99. The Hall–Kier alpha value is -1.97. The van der Waals surface area contributed by atoms with Gasteiger partial charge in [-0.05, 0) is 44.4 Å². The Bertz CT molecular complexity index is 628. The molecule has 0 saturated carbocycles. The summed E-state index contributed by atoms with van der Waals surface area (Å²) in [6.45, 7) is 2.08. The van der Waals surface area contributed by atoms with Gasteiger partial charge in [-0.2, -0.15) is 0 Å². The Labute approximate surface area is 119 Å². The number of carboxylic acid groups (broad SMARTS) is 1. The summed E-state index contributed by atoms with van der Waals surface area (Å²) in [6.07, 6.45) is 2.62. The van der Waals surface area contributed by atoms with Crippen LogP contribution in [0.3, 0.4) is 0 Å². The van der Waals surface area contributed by atoms with E-state index in [4.69, 9.17) is 9.84 Å². The number of hydrogen-bond acceptors (Lipinski definition) is 2. The minimum Gasteiger partial charge on any atom is -0.496 e.